The lowest BCUT2D eigenvalue weighted by Gasteiger charge is -2.34. The van der Waals surface area contributed by atoms with Gasteiger partial charge in [-0.1, -0.05) is 6.92 Å². The van der Waals surface area contributed by atoms with E-state index in [-0.39, 0.29) is 0 Å². The lowest BCUT2D eigenvalue weighted by atomic mass is 10.2. The minimum Gasteiger partial charge on any atom is -0.357 e. The van der Waals surface area contributed by atoms with Crippen LogP contribution < -0.4 is 5.32 Å². The van der Waals surface area contributed by atoms with E-state index in [4.69, 9.17) is 4.99 Å². The number of hydrogen-bond acceptors (Lipinski definition) is 4. The molecule has 1 atom stereocenters. The van der Waals surface area contributed by atoms with Crippen LogP contribution in [0.3, 0.4) is 0 Å². The van der Waals surface area contributed by atoms with Crippen LogP contribution in [0.15, 0.2) is 10.4 Å². The van der Waals surface area contributed by atoms with Crippen molar-refractivity contribution in [2.45, 2.75) is 51.7 Å². The van der Waals surface area contributed by atoms with Crippen LogP contribution in [0.4, 0.5) is 0 Å². The van der Waals surface area contributed by atoms with Crippen molar-refractivity contribution in [2.75, 3.05) is 31.9 Å². The fourth-order valence-corrected chi connectivity index (χ4v) is 4.67. The third-order valence-corrected chi connectivity index (χ3v) is 6.35. The molecule has 0 bridgehead atoms. The van der Waals surface area contributed by atoms with Crippen molar-refractivity contribution in [3.05, 3.63) is 16.1 Å². The molecule has 0 spiro atoms. The van der Waals surface area contributed by atoms with Crippen LogP contribution in [0.2, 0.25) is 0 Å². The van der Waals surface area contributed by atoms with Gasteiger partial charge in [-0.05, 0) is 39.5 Å². The summed E-state index contributed by atoms with van der Waals surface area (Å²) in [7, 11) is 0. The monoisotopic (exact) mass is 354 g/mol. The zero-order chi connectivity index (χ0) is 16.5. The van der Waals surface area contributed by atoms with Crippen molar-refractivity contribution < 1.29 is 0 Å². The van der Waals surface area contributed by atoms with Gasteiger partial charge in [0, 0.05) is 48.3 Å². The second kappa shape index (κ2) is 10.2. The number of unbranched alkanes of at least 4 members (excludes halogenated alkanes) is 1. The fraction of sp³-hybridized carbons (Fsp3) is 0.765. The van der Waals surface area contributed by atoms with E-state index in [0.29, 0.717) is 0 Å². The number of nitrogens with one attached hydrogen (secondary N) is 1. The maximum atomic E-state index is 4.85. The van der Waals surface area contributed by atoms with Crippen molar-refractivity contribution in [1.82, 2.24) is 15.2 Å². The summed E-state index contributed by atoms with van der Waals surface area (Å²) in [4.78, 5) is 11.8. The molecular weight excluding hydrogens is 324 g/mol. The summed E-state index contributed by atoms with van der Waals surface area (Å²) in [6, 6.07) is 0. The Morgan fingerprint density at radius 1 is 1.43 bits per heavy atom. The predicted octanol–water partition coefficient (Wildman–Crippen LogP) is 3.57. The van der Waals surface area contributed by atoms with E-state index in [0.717, 1.165) is 55.9 Å². The standard InChI is InChI=1S/C17H30N4S2/c1-4-15-12-21(10-11-22-15)17(18-5-2)19-9-7-6-8-16-20-14(3)13-23-16/h13,15H,4-12H2,1-3H3,(H,18,19). The summed E-state index contributed by atoms with van der Waals surface area (Å²) in [6.45, 7) is 10.6. The van der Waals surface area contributed by atoms with E-state index in [1.54, 1.807) is 11.3 Å². The van der Waals surface area contributed by atoms with Gasteiger partial charge in [0.25, 0.3) is 0 Å². The average Bonchev–Trinajstić information content (AvgIpc) is 2.99. The lowest BCUT2D eigenvalue weighted by Crippen LogP contribution is -2.48. The van der Waals surface area contributed by atoms with Gasteiger partial charge in [-0.2, -0.15) is 11.8 Å². The lowest BCUT2D eigenvalue weighted by molar-refractivity contribution is 0.408. The summed E-state index contributed by atoms with van der Waals surface area (Å²) in [5, 5.41) is 7.61. The number of hydrogen-bond donors (Lipinski definition) is 1. The van der Waals surface area contributed by atoms with E-state index >= 15 is 0 Å². The van der Waals surface area contributed by atoms with Gasteiger partial charge in [-0.3, -0.25) is 4.99 Å². The first-order valence-electron chi connectivity index (χ1n) is 8.78. The van der Waals surface area contributed by atoms with Crippen LogP contribution in [0, 0.1) is 6.92 Å². The summed E-state index contributed by atoms with van der Waals surface area (Å²) in [5.74, 6) is 2.32. The SMILES string of the molecule is CCNC(=NCCCCc1nc(C)cs1)N1CCSC(CC)C1. The number of thiazole rings is 1. The molecule has 2 rings (SSSR count). The molecule has 0 amide bonds. The quantitative estimate of drug-likeness (QED) is 0.462. The molecule has 1 saturated heterocycles. The zero-order valence-electron chi connectivity index (χ0n) is 14.7. The number of aliphatic imine (C=N–C) groups is 1. The molecule has 0 aromatic carbocycles. The summed E-state index contributed by atoms with van der Waals surface area (Å²) >= 11 is 3.88. The minimum absolute atomic E-state index is 0.751. The Morgan fingerprint density at radius 3 is 3.00 bits per heavy atom. The minimum atomic E-state index is 0.751. The maximum Gasteiger partial charge on any atom is 0.193 e. The van der Waals surface area contributed by atoms with Crippen LogP contribution in [0.5, 0.6) is 0 Å². The maximum absolute atomic E-state index is 4.85. The number of guanidine groups is 1. The molecule has 1 aliphatic rings. The molecule has 6 heteroatoms. The van der Waals surface area contributed by atoms with Crippen LogP contribution in [-0.4, -0.2) is 53.0 Å². The molecule has 1 N–H and O–H groups in total. The molecule has 1 aromatic rings. The zero-order valence-corrected chi connectivity index (χ0v) is 16.3. The van der Waals surface area contributed by atoms with Gasteiger partial charge >= 0.3 is 0 Å². The molecule has 1 aromatic heterocycles. The van der Waals surface area contributed by atoms with Crippen molar-refractivity contribution >= 4 is 29.1 Å². The Labute approximate surface area is 149 Å². The molecule has 23 heavy (non-hydrogen) atoms. The van der Waals surface area contributed by atoms with E-state index in [9.17, 15) is 0 Å². The molecule has 2 heterocycles. The molecule has 1 unspecified atom stereocenters. The summed E-state index contributed by atoms with van der Waals surface area (Å²) in [6.07, 6.45) is 4.63. The van der Waals surface area contributed by atoms with Crippen LogP contribution in [0.1, 0.15) is 43.8 Å². The second-order valence-corrected chi connectivity index (χ2v) is 8.27. The molecule has 0 aliphatic carbocycles. The number of thioether (sulfide) groups is 1. The predicted molar refractivity (Wildman–Crippen MR) is 104 cm³/mol. The summed E-state index contributed by atoms with van der Waals surface area (Å²) in [5.41, 5.74) is 1.14. The van der Waals surface area contributed by atoms with Crippen molar-refractivity contribution in [3.8, 4) is 0 Å². The highest BCUT2D eigenvalue weighted by Gasteiger charge is 2.21. The Balaban J connectivity index is 1.76. The Hall–Kier alpha value is -0.750. The smallest absolute Gasteiger partial charge is 0.193 e. The Bertz CT molecular complexity index is 487. The van der Waals surface area contributed by atoms with Crippen molar-refractivity contribution in [1.29, 1.82) is 0 Å². The molecule has 1 fully saturated rings. The van der Waals surface area contributed by atoms with E-state index in [1.165, 1.54) is 23.6 Å². The number of rotatable bonds is 7. The Kier molecular flexibility index (Phi) is 8.23. The van der Waals surface area contributed by atoms with Gasteiger partial charge in [0.15, 0.2) is 5.96 Å². The Morgan fingerprint density at radius 2 is 2.30 bits per heavy atom. The highest BCUT2D eigenvalue weighted by atomic mass is 32.2. The first-order valence-corrected chi connectivity index (χ1v) is 10.7. The second-order valence-electron chi connectivity index (χ2n) is 5.92. The molecule has 0 saturated carbocycles. The largest absolute Gasteiger partial charge is 0.357 e. The normalized spacial score (nSPS) is 19.2. The van der Waals surface area contributed by atoms with Gasteiger partial charge in [0.2, 0.25) is 0 Å². The summed E-state index contributed by atoms with van der Waals surface area (Å²) < 4.78 is 0. The van der Waals surface area contributed by atoms with Crippen LogP contribution in [0.25, 0.3) is 0 Å². The molecule has 0 radical (unpaired) electrons. The van der Waals surface area contributed by atoms with Gasteiger partial charge in [-0.25, -0.2) is 4.98 Å². The van der Waals surface area contributed by atoms with Gasteiger partial charge in [-0.15, -0.1) is 11.3 Å². The number of aromatic nitrogens is 1. The van der Waals surface area contributed by atoms with Crippen molar-refractivity contribution in [3.63, 3.8) is 0 Å². The number of aryl methyl sites for hydroxylation is 2. The third kappa shape index (κ3) is 6.34. The van der Waals surface area contributed by atoms with E-state index < -0.39 is 0 Å². The van der Waals surface area contributed by atoms with Crippen LogP contribution >= 0.6 is 23.1 Å². The fourth-order valence-electron chi connectivity index (χ4n) is 2.68. The average molecular weight is 355 g/mol. The van der Waals surface area contributed by atoms with Crippen molar-refractivity contribution in [2.24, 2.45) is 4.99 Å². The highest BCUT2D eigenvalue weighted by Crippen LogP contribution is 2.21. The topological polar surface area (TPSA) is 40.5 Å². The van der Waals surface area contributed by atoms with Crippen LogP contribution in [-0.2, 0) is 6.42 Å². The van der Waals surface area contributed by atoms with Gasteiger partial charge < -0.3 is 10.2 Å². The third-order valence-electron chi connectivity index (χ3n) is 3.96. The van der Waals surface area contributed by atoms with Gasteiger partial charge in [0.05, 0.1) is 5.01 Å². The molecule has 4 nitrogen and oxygen atoms in total. The van der Waals surface area contributed by atoms with E-state index in [1.807, 2.05) is 0 Å². The molecular formula is C17H30N4S2. The first kappa shape index (κ1) is 18.6. The number of nitrogens with zero attached hydrogens (tertiary/aromatic N) is 3. The molecule has 1 aliphatic heterocycles. The first-order chi connectivity index (χ1) is 11.2. The van der Waals surface area contributed by atoms with E-state index in [2.05, 4.69) is 53.1 Å². The van der Waals surface area contributed by atoms with Gasteiger partial charge in [0.1, 0.15) is 0 Å². The highest BCUT2D eigenvalue weighted by molar-refractivity contribution is 8.00. The molecule has 130 valence electrons.